The Labute approximate surface area is 150 Å². The predicted molar refractivity (Wildman–Crippen MR) is 94.6 cm³/mol. The first kappa shape index (κ1) is 17.1. The van der Waals surface area contributed by atoms with E-state index in [1.165, 1.54) is 4.80 Å². The molecule has 2 N–H and O–H groups in total. The van der Waals surface area contributed by atoms with Gasteiger partial charge in [0.25, 0.3) is 5.91 Å². The first-order chi connectivity index (χ1) is 12.1. The van der Waals surface area contributed by atoms with Crippen LogP contribution in [-0.4, -0.2) is 26.0 Å². The Morgan fingerprint density at radius 3 is 2.60 bits per heavy atom. The van der Waals surface area contributed by atoms with Crippen LogP contribution in [0.1, 0.15) is 27.3 Å². The van der Waals surface area contributed by atoms with E-state index >= 15 is 0 Å². The van der Waals surface area contributed by atoms with Crippen molar-refractivity contribution < 1.29 is 9.90 Å². The summed E-state index contributed by atoms with van der Waals surface area (Å²) in [5.41, 5.74) is 2.92. The van der Waals surface area contributed by atoms with E-state index in [4.69, 9.17) is 11.6 Å². The Morgan fingerprint density at radius 1 is 1.16 bits per heavy atom. The van der Waals surface area contributed by atoms with Crippen molar-refractivity contribution in [3.05, 3.63) is 76.1 Å². The molecule has 0 bridgehead atoms. The van der Waals surface area contributed by atoms with Crippen LogP contribution in [-0.2, 0) is 13.2 Å². The monoisotopic (exact) mass is 356 g/mol. The molecule has 128 valence electrons. The molecule has 0 aliphatic heterocycles. The molecule has 0 unspecified atom stereocenters. The maximum Gasteiger partial charge on any atom is 0.274 e. The van der Waals surface area contributed by atoms with Gasteiger partial charge in [-0.25, -0.2) is 0 Å². The van der Waals surface area contributed by atoms with Crippen molar-refractivity contribution in [1.82, 2.24) is 20.3 Å². The average Bonchev–Trinajstić information content (AvgIpc) is 3.05. The Bertz CT molecular complexity index is 908. The number of hydrogen-bond donors (Lipinski definition) is 2. The van der Waals surface area contributed by atoms with E-state index in [0.717, 1.165) is 11.1 Å². The summed E-state index contributed by atoms with van der Waals surface area (Å²) in [4.78, 5) is 13.7. The minimum Gasteiger partial charge on any atom is -0.390 e. The molecule has 0 aliphatic rings. The number of para-hydroxylation sites is 1. The van der Waals surface area contributed by atoms with Gasteiger partial charge >= 0.3 is 0 Å². The molecule has 0 saturated heterocycles. The highest BCUT2D eigenvalue weighted by molar-refractivity contribution is 6.32. The van der Waals surface area contributed by atoms with E-state index in [9.17, 15) is 9.90 Å². The van der Waals surface area contributed by atoms with E-state index in [1.54, 1.807) is 24.3 Å². The summed E-state index contributed by atoms with van der Waals surface area (Å²) in [6, 6.07) is 14.8. The summed E-state index contributed by atoms with van der Waals surface area (Å²) < 4.78 is 0. The number of amides is 1. The van der Waals surface area contributed by atoms with Gasteiger partial charge in [-0.2, -0.15) is 0 Å². The van der Waals surface area contributed by atoms with Crippen LogP contribution in [0.15, 0.2) is 48.5 Å². The first-order valence-corrected chi connectivity index (χ1v) is 8.12. The molecule has 3 aromatic rings. The summed E-state index contributed by atoms with van der Waals surface area (Å²) in [5.74, 6) is -0.398. The van der Waals surface area contributed by atoms with Gasteiger partial charge in [0.15, 0.2) is 5.69 Å². The number of nitrogens with one attached hydrogen (secondary N) is 1. The number of halogens is 1. The topological polar surface area (TPSA) is 80.0 Å². The summed E-state index contributed by atoms with van der Waals surface area (Å²) in [5, 5.41) is 21.1. The Hall–Kier alpha value is -2.70. The third-order valence-corrected chi connectivity index (χ3v) is 4.14. The van der Waals surface area contributed by atoms with Crippen LogP contribution >= 0.6 is 11.6 Å². The number of aromatic nitrogens is 3. The lowest BCUT2D eigenvalue weighted by atomic mass is 10.1. The number of aliphatic hydroxyl groups excluding tert-OH is 1. The van der Waals surface area contributed by atoms with Gasteiger partial charge in [-0.3, -0.25) is 4.79 Å². The highest BCUT2D eigenvalue weighted by atomic mass is 35.5. The molecule has 0 radical (unpaired) electrons. The lowest BCUT2D eigenvalue weighted by Crippen LogP contribution is -2.25. The zero-order chi connectivity index (χ0) is 17.8. The molecule has 1 heterocycles. The number of carbonyl (C=O) groups is 1. The quantitative estimate of drug-likeness (QED) is 0.736. The Morgan fingerprint density at radius 2 is 1.88 bits per heavy atom. The smallest absolute Gasteiger partial charge is 0.274 e. The highest BCUT2D eigenvalue weighted by Gasteiger charge is 2.19. The van der Waals surface area contributed by atoms with Crippen LogP contribution in [0.25, 0.3) is 5.69 Å². The number of hydrogen-bond acceptors (Lipinski definition) is 4. The lowest BCUT2D eigenvalue weighted by Gasteiger charge is -2.06. The number of nitrogens with zero attached hydrogens (tertiary/aromatic N) is 3. The number of rotatable bonds is 5. The van der Waals surface area contributed by atoms with Crippen molar-refractivity contribution in [2.75, 3.05) is 0 Å². The molecule has 0 fully saturated rings. The fourth-order valence-electron chi connectivity index (χ4n) is 2.41. The molecule has 0 aliphatic carbocycles. The largest absolute Gasteiger partial charge is 0.390 e. The number of carbonyl (C=O) groups excluding carboxylic acids is 1. The van der Waals surface area contributed by atoms with Crippen molar-refractivity contribution in [3.8, 4) is 5.69 Å². The number of aryl methyl sites for hydroxylation is 1. The molecule has 0 spiro atoms. The van der Waals surface area contributed by atoms with Crippen molar-refractivity contribution in [2.45, 2.75) is 20.1 Å². The van der Waals surface area contributed by atoms with Crippen LogP contribution in [0.2, 0.25) is 5.02 Å². The Kier molecular flexibility index (Phi) is 5.11. The van der Waals surface area contributed by atoms with Gasteiger partial charge in [0.2, 0.25) is 0 Å². The number of benzene rings is 2. The zero-order valence-electron chi connectivity index (χ0n) is 13.6. The maximum absolute atomic E-state index is 12.5. The lowest BCUT2D eigenvalue weighted by molar-refractivity contribution is 0.0942. The zero-order valence-corrected chi connectivity index (χ0v) is 14.4. The van der Waals surface area contributed by atoms with Crippen molar-refractivity contribution in [3.63, 3.8) is 0 Å². The van der Waals surface area contributed by atoms with E-state index in [2.05, 4.69) is 15.5 Å². The summed E-state index contributed by atoms with van der Waals surface area (Å²) >= 11 is 6.14. The van der Waals surface area contributed by atoms with Crippen molar-refractivity contribution >= 4 is 17.5 Å². The molecular formula is C18H17ClN4O2. The molecule has 0 atom stereocenters. The molecule has 1 aromatic heterocycles. The fourth-order valence-corrected chi connectivity index (χ4v) is 2.62. The predicted octanol–water partition coefficient (Wildman–Crippen LogP) is 2.65. The van der Waals surface area contributed by atoms with E-state index in [-0.39, 0.29) is 11.4 Å². The van der Waals surface area contributed by atoms with Gasteiger partial charge in [-0.05, 0) is 30.2 Å². The normalized spacial score (nSPS) is 10.7. The second kappa shape index (κ2) is 7.46. The number of aliphatic hydroxyl groups is 1. The fraction of sp³-hybridized carbons (Fsp3) is 0.167. The minimum atomic E-state index is -0.398. The molecule has 1 amide bonds. The van der Waals surface area contributed by atoms with E-state index in [1.807, 2.05) is 31.2 Å². The van der Waals surface area contributed by atoms with Gasteiger partial charge in [-0.15, -0.1) is 15.0 Å². The maximum atomic E-state index is 12.5. The van der Waals surface area contributed by atoms with Gasteiger partial charge in [-0.1, -0.05) is 48.0 Å². The molecule has 2 aromatic carbocycles. The van der Waals surface area contributed by atoms with Gasteiger partial charge in [0, 0.05) is 6.54 Å². The highest BCUT2D eigenvalue weighted by Crippen LogP contribution is 2.19. The van der Waals surface area contributed by atoms with Gasteiger partial charge < -0.3 is 10.4 Å². The van der Waals surface area contributed by atoms with Gasteiger partial charge in [0.1, 0.15) is 11.4 Å². The van der Waals surface area contributed by atoms with Crippen LogP contribution < -0.4 is 5.32 Å². The van der Waals surface area contributed by atoms with Crippen LogP contribution in [0.5, 0.6) is 0 Å². The third kappa shape index (κ3) is 3.70. The van der Waals surface area contributed by atoms with Crippen molar-refractivity contribution in [1.29, 1.82) is 0 Å². The first-order valence-electron chi connectivity index (χ1n) is 7.75. The van der Waals surface area contributed by atoms with E-state index in [0.29, 0.717) is 17.3 Å². The van der Waals surface area contributed by atoms with Gasteiger partial charge in [0.05, 0.1) is 11.6 Å². The SMILES string of the molecule is Cc1ccccc1CNC(=O)c1nn(-c2ccccc2Cl)nc1CO. The summed E-state index contributed by atoms with van der Waals surface area (Å²) in [7, 11) is 0. The van der Waals surface area contributed by atoms with Crippen LogP contribution in [0.4, 0.5) is 0 Å². The molecular weight excluding hydrogens is 340 g/mol. The second-order valence-corrected chi connectivity index (χ2v) is 5.91. The third-order valence-electron chi connectivity index (χ3n) is 3.82. The molecule has 7 heteroatoms. The Balaban J connectivity index is 1.83. The van der Waals surface area contributed by atoms with Crippen LogP contribution in [0, 0.1) is 6.92 Å². The summed E-state index contributed by atoms with van der Waals surface area (Å²) in [6.07, 6.45) is 0. The molecule has 3 rings (SSSR count). The molecule has 0 saturated carbocycles. The van der Waals surface area contributed by atoms with E-state index < -0.39 is 12.5 Å². The summed E-state index contributed by atoms with van der Waals surface area (Å²) in [6.45, 7) is 1.96. The van der Waals surface area contributed by atoms with Crippen LogP contribution in [0.3, 0.4) is 0 Å². The minimum absolute atomic E-state index is 0.0796. The molecule has 25 heavy (non-hydrogen) atoms. The van der Waals surface area contributed by atoms with Crippen molar-refractivity contribution in [2.24, 2.45) is 0 Å². The molecule has 6 nitrogen and oxygen atoms in total. The average molecular weight is 357 g/mol. The standard InChI is InChI=1S/C18H17ClN4O2/c1-12-6-2-3-7-13(12)10-20-18(25)17-15(11-24)21-23(22-17)16-9-5-4-8-14(16)19/h2-9,24H,10-11H2,1H3,(H,20,25). The second-order valence-electron chi connectivity index (χ2n) is 5.50.